The van der Waals surface area contributed by atoms with Gasteiger partial charge in [-0.05, 0) is 50.8 Å². The third-order valence-electron chi connectivity index (χ3n) is 5.80. The Balaban J connectivity index is 1.44. The van der Waals surface area contributed by atoms with Gasteiger partial charge in [0.05, 0.1) is 23.3 Å². The zero-order valence-electron chi connectivity index (χ0n) is 15.9. The minimum atomic E-state index is 0.115. The Morgan fingerprint density at radius 1 is 1.07 bits per heavy atom. The molecule has 1 aromatic carbocycles. The number of carbonyl (C=O) groups excluding carboxylic acids is 1. The molecule has 2 aliphatic rings. The number of amides is 1. The second-order valence-corrected chi connectivity index (χ2v) is 8.78. The summed E-state index contributed by atoms with van der Waals surface area (Å²) in [5.74, 6) is 0.115. The maximum Gasteiger partial charge on any atom is 0.254 e. The molecule has 4 rings (SSSR count). The molecule has 0 radical (unpaired) electrons. The standard InChI is InChI=1S/C22H27BrN2O2/c1-15-13-20(19-8-7-16(23)14-21(19)24-15)22(26)25-11-9-18(10-12-25)27-17-5-3-2-4-6-17/h7-8,13-14,17-18H,2-6,9-12H2,1H3. The van der Waals surface area contributed by atoms with Crippen LogP contribution in [-0.2, 0) is 4.74 Å². The van der Waals surface area contributed by atoms with Crippen LogP contribution in [0.1, 0.15) is 61.0 Å². The van der Waals surface area contributed by atoms with Crippen LogP contribution in [0.25, 0.3) is 10.9 Å². The minimum Gasteiger partial charge on any atom is -0.375 e. The summed E-state index contributed by atoms with van der Waals surface area (Å²) in [7, 11) is 0. The van der Waals surface area contributed by atoms with E-state index in [1.54, 1.807) is 0 Å². The number of halogens is 1. The van der Waals surface area contributed by atoms with Gasteiger partial charge >= 0.3 is 0 Å². The average molecular weight is 431 g/mol. The lowest BCUT2D eigenvalue weighted by Gasteiger charge is -2.35. The number of piperidine rings is 1. The molecular weight excluding hydrogens is 404 g/mol. The van der Waals surface area contributed by atoms with Gasteiger partial charge in [0.2, 0.25) is 0 Å². The van der Waals surface area contributed by atoms with E-state index in [-0.39, 0.29) is 5.91 Å². The number of hydrogen-bond acceptors (Lipinski definition) is 3. The van der Waals surface area contributed by atoms with E-state index in [2.05, 4.69) is 20.9 Å². The molecular formula is C22H27BrN2O2. The highest BCUT2D eigenvalue weighted by Crippen LogP contribution is 2.27. The molecule has 1 aliphatic carbocycles. The van der Waals surface area contributed by atoms with Crippen molar-refractivity contribution in [3.8, 4) is 0 Å². The lowest BCUT2D eigenvalue weighted by atomic mass is 9.97. The Labute approximate surface area is 169 Å². The van der Waals surface area contributed by atoms with Crippen molar-refractivity contribution >= 4 is 32.7 Å². The van der Waals surface area contributed by atoms with E-state index in [1.165, 1.54) is 32.1 Å². The summed E-state index contributed by atoms with van der Waals surface area (Å²) in [6, 6.07) is 7.85. The summed E-state index contributed by atoms with van der Waals surface area (Å²) < 4.78 is 7.29. The van der Waals surface area contributed by atoms with Gasteiger partial charge < -0.3 is 9.64 Å². The van der Waals surface area contributed by atoms with Crippen LogP contribution in [0.2, 0.25) is 0 Å². The van der Waals surface area contributed by atoms with Crippen molar-refractivity contribution in [3.63, 3.8) is 0 Å². The monoisotopic (exact) mass is 430 g/mol. The lowest BCUT2D eigenvalue weighted by Crippen LogP contribution is -2.42. The average Bonchev–Trinajstić information content (AvgIpc) is 2.68. The second kappa shape index (κ2) is 8.27. The fraction of sp³-hybridized carbons (Fsp3) is 0.545. The molecule has 2 heterocycles. The van der Waals surface area contributed by atoms with E-state index in [0.29, 0.717) is 12.2 Å². The topological polar surface area (TPSA) is 42.4 Å². The van der Waals surface area contributed by atoms with Gasteiger partial charge in [0, 0.05) is 28.6 Å². The maximum atomic E-state index is 13.2. The van der Waals surface area contributed by atoms with Gasteiger partial charge in [-0.2, -0.15) is 0 Å². The molecule has 27 heavy (non-hydrogen) atoms. The Morgan fingerprint density at radius 3 is 2.52 bits per heavy atom. The van der Waals surface area contributed by atoms with Crippen molar-refractivity contribution in [3.05, 3.63) is 40.0 Å². The van der Waals surface area contributed by atoms with E-state index < -0.39 is 0 Å². The van der Waals surface area contributed by atoms with Crippen molar-refractivity contribution in [1.29, 1.82) is 0 Å². The fourth-order valence-corrected chi connectivity index (χ4v) is 4.70. The normalized spacial score (nSPS) is 19.6. The molecule has 0 atom stereocenters. The Hall–Kier alpha value is -1.46. The first-order valence-electron chi connectivity index (χ1n) is 10.1. The van der Waals surface area contributed by atoms with E-state index in [9.17, 15) is 4.79 Å². The zero-order valence-corrected chi connectivity index (χ0v) is 17.5. The summed E-state index contributed by atoms with van der Waals surface area (Å²) in [5.41, 5.74) is 2.50. The molecule has 2 aromatic rings. The SMILES string of the molecule is Cc1cc(C(=O)N2CCC(OC3CCCCC3)CC2)c2ccc(Br)cc2n1. The molecule has 0 spiro atoms. The predicted octanol–water partition coefficient (Wildman–Crippen LogP) is 5.26. The molecule has 0 N–H and O–H groups in total. The zero-order chi connectivity index (χ0) is 18.8. The number of carbonyl (C=O) groups is 1. The van der Waals surface area contributed by atoms with Gasteiger partial charge in [0.15, 0.2) is 0 Å². The van der Waals surface area contributed by atoms with Gasteiger partial charge in [0.1, 0.15) is 0 Å². The Bertz CT molecular complexity index is 819. The molecule has 144 valence electrons. The van der Waals surface area contributed by atoms with Crippen molar-refractivity contribution in [2.24, 2.45) is 0 Å². The van der Waals surface area contributed by atoms with Crippen LogP contribution >= 0.6 is 15.9 Å². The van der Waals surface area contributed by atoms with Crippen molar-refractivity contribution in [2.45, 2.75) is 64.1 Å². The van der Waals surface area contributed by atoms with E-state index in [4.69, 9.17) is 4.74 Å². The third kappa shape index (κ3) is 4.35. The Morgan fingerprint density at radius 2 is 1.78 bits per heavy atom. The number of pyridine rings is 1. The molecule has 1 aliphatic heterocycles. The molecule has 4 nitrogen and oxygen atoms in total. The fourth-order valence-electron chi connectivity index (χ4n) is 4.35. The smallest absolute Gasteiger partial charge is 0.254 e. The summed E-state index contributed by atoms with van der Waals surface area (Å²) in [5, 5.41) is 0.925. The first-order chi connectivity index (χ1) is 13.1. The van der Waals surface area contributed by atoms with Crippen LogP contribution in [0.3, 0.4) is 0 Å². The van der Waals surface area contributed by atoms with Gasteiger partial charge in [-0.1, -0.05) is 41.3 Å². The molecule has 1 saturated carbocycles. The van der Waals surface area contributed by atoms with Crippen LogP contribution in [0.15, 0.2) is 28.7 Å². The number of aromatic nitrogens is 1. The van der Waals surface area contributed by atoms with Crippen LogP contribution in [0, 0.1) is 6.92 Å². The molecule has 1 aromatic heterocycles. The minimum absolute atomic E-state index is 0.115. The van der Waals surface area contributed by atoms with Crippen LogP contribution in [0.4, 0.5) is 0 Å². The number of fused-ring (bicyclic) bond motifs is 1. The van der Waals surface area contributed by atoms with Crippen LogP contribution < -0.4 is 0 Å². The van der Waals surface area contributed by atoms with Crippen LogP contribution in [-0.4, -0.2) is 41.1 Å². The van der Waals surface area contributed by atoms with Crippen molar-refractivity contribution in [2.75, 3.05) is 13.1 Å². The quantitative estimate of drug-likeness (QED) is 0.666. The number of hydrogen-bond donors (Lipinski definition) is 0. The molecule has 1 amide bonds. The first kappa shape index (κ1) is 18.9. The summed E-state index contributed by atoms with van der Waals surface area (Å²) in [6.45, 7) is 3.49. The summed E-state index contributed by atoms with van der Waals surface area (Å²) >= 11 is 3.49. The van der Waals surface area contributed by atoms with Gasteiger partial charge in [0.25, 0.3) is 5.91 Å². The van der Waals surface area contributed by atoms with Gasteiger partial charge in [-0.25, -0.2) is 0 Å². The highest BCUT2D eigenvalue weighted by Gasteiger charge is 2.27. The highest BCUT2D eigenvalue weighted by molar-refractivity contribution is 9.10. The number of benzene rings is 1. The second-order valence-electron chi connectivity index (χ2n) is 7.86. The predicted molar refractivity (Wildman–Crippen MR) is 111 cm³/mol. The molecule has 5 heteroatoms. The highest BCUT2D eigenvalue weighted by atomic mass is 79.9. The van der Waals surface area contributed by atoms with Crippen molar-refractivity contribution < 1.29 is 9.53 Å². The van der Waals surface area contributed by atoms with E-state index in [1.807, 2.05) is 36.1 Å². The largest absolute Gasteiger partial charge is 0.375 e. The summed E-state index contributed by atoms with van der Waals surface area (Å²) in [6.07, 6.45) is 8.99. The van der Waals surface area contributed by atoms with E-state index >= 15 is 0 Å². The number of likely N-dealkylation sites (tertiary alicyclic amines) is 1. The maximum absolute atomic E-state index is 13.2. The first-order valence-corrected chi connectivity index (χ1v) is 10.9. The van der Waals surface area contributed by atoms with E-state index in [0.717, 1.165) is 52.6 Å². The number of nitrogens with zero attached hydrogens (tertiary/aromatic N) is 2. The van der Waals surface area contributed by atoms with Gasteiger partial charge in [-0.3, -0.25) is 9.78 Å². The molecule has 0 bridgehead atoms. The lowest BCUT2D eigenvalue weighted by molar-refractivity contribution is -0.0526. The molecule has 1 saturated heterocycles. The van der Waals surface area contributed by atoms with Crippen molar-refractivity contribution in [1.82, 2.24) is 9.88 Å². The van der Waals surface area contributed by atoms with Crippen LogP contribution in [0.5, 0.6) is 0 Å². The number of rotatable bonds is 3. The van der Waals surface area contributed by atoms with Gasteiger partial charge in [-0.15, -0.1) is 0 Å². The molecule has 0 unspecified atom stereocenters. The molecule has 2 fully saturated rings. The summed E-state index contributed by atoms with van der Waals surface area (Å²) in [4.78, 5) is 19.8. The third-order valence-corrected chi connectivity index (χ3v) is 6.29. The number of aryl methyl sites for hydroxylation is 1. The number of ether oxygens (including phenoxy) is 1. The Kier molecular flexibility index (Phi) is 5.79.